The summed E-state index contributed by atoms with van der Waals surface area (Å²) in [6.07, 6.45) is 1.63. The third-order valence-electron chi connectivity index (χ3n) is 4.80. The molecule has 0 saturated heterocycles. The summed E-state index contributed by atoms with van der Waals surface area (Å²) >= 11 is 5.84. The molecule has 0 spiro atoms. The minimum Gasteiger partial charge on any atom is -0.311 e. The molecule has 2 aromatic carbocycles. The van der Waals surface area contributed by atoms with Gasteiger partial charge >= 0.3 is 0 Å². The first-order valence-electron chi connectivity index (χ1n) is 8.13. The summed E-state index contributed by atoms with van der Waals surface area (Å²) in [6.45, 7) is 2.54. The lowest BCUT2D eigenvalue weighted by atomic mass is 9.97. The molecule has 1 N–H and O–H groups in total. The maximum atomic E-state index is 12.8. The van der Waals surface area contributed by atoms with Gasteiger partial charge in [-0.3, -0.25) is 9.52 Å². The number of halogens is 1. The number of sulfonamides is 1. The van der Waals surface area contributed by atoms with Gasteiger partial charge in [-0.05, 0) is 67.3 Å². The van der Waals surface area contributed by atoms with E-state index in [1.807, 2.05) is 6.92 Å². The SMILES string of the molecule is CC1C(=O)N2CCCc3cc(S(=O)(=O)Nc4ccc(Cl)cc4)cc1c32. The number of hydrogen-bond acceptors (Lipinski definition) is 3. The van der Waals surface area contributed by atoms with E-state index in [0.717, 1.165) is 29.7 Å². The Bertz CT molecular complexity index is 971. The summed E-state index contributed by atoms with van der Waals surface area (Å²) < 4.78 is 28.2. The zero-order valence-corrected chi connectivity index (χ0v) is 15.2. The van der Waals surface area contributed by atoms with E-state index in [0.29, 0.717) is 17.3 Å². The van der Waals surface area contributed by atoms with E-state index in [1.165, 1.54) is 0 Å². The zero-order valence-electron chi connectivity index (χ0n) is 13.6. The first kappa shape index (κ1) is 16.4. The molecule has 0 aromatic heterocycles. The molecule has 4 rings (SSSR count). The quantitative estimate of drug-likeness (QED) is 0.890. The van der Waals surface area contributed by atoms with Crippen molar-refractivity contribution in [2.45, 2.75) is 30.6 Å². The fourth-order valence-electron chi connectivity index (χ4n) is 3.55. The smallest absolute Gasteiger partial charge is 0.261 e. The van der Waals surface area contributed by atoms with Gasteiger partial charge in [0, 0.05) is 17.3 Å². The first-order valence-corrected chi connectivity index (χ1v) is 9.99. The second-order valence-electron chi connectivity index (χ2n) is 6.45. The van der Waals surface area contributed by atoms with Crippen molar-refractivity contribution < 1.29 is 13.2 Å². The number of anilines is 2. The molecular formula is C18H17ClN2O3S. The van der Waals surface area contributed by atoms with Gasteiger partial charge in [0.15, 0.2) is 0 Å². The van der Waals surface area contributed by atoms with Crippen molar-refractivity contribution in [2.75, 3.05) is 16.2 Å². The van der Waals surface area contributed by atoms with Crippen molar-refractivity contribution in [1.29, 1.82) is 0 Å². The van der Waals surface area contributed by atoms with Crippen molar-refractivity contribution in [3.8, 4) is 0 Å². The summed E-state index contributed by atoms with van der Waals surface area (Å²) in [7, 11) is -3.74. The second kappa shape index (κ2) is 5.75. The van der Waals surface area contributed by atoms with Gasteiger partial charge in [0.1, 0.15) is 0 Å². The molecule has 1 unspecified atom stereocenters. The van der Waals surface area contributed by atoms with E-state index in [-0.39, 0.29) is 16.7 Å². The highest BCUT2D eigenvalue weighted by atomic mass is 35.5. The topological polar surface area (TPSA) is 66.5 Å². The molecule has 2 aliphatic rings. The average Bonchev–Trinajstić information content (AvgIpc) is 2.84. The van der Waals surface area contributed by atoms with Crippen molar-refractivity contribution in [2.24, 2.45) is 0 Å². The summed E-state index contributed by atoms with van der Waals surface area (Å²) in [5.74, 6) is -0.256. The summed E-state index contributed by atoms with van der Waals surface area (Å²) in [5.41, 5.74) is 3.09. The number of benzene rings is 2. The van der Waals surface area contributed by atoms with Crippen molar-refractivity contribution >= 4 is 38.9 Å². The Balaban J connectivity index is 1.76. The minimum atomic E-state index is -3.74. The van der Waals surface area contributed by atoms with Crippen LogP contribution in [0.15, 0.2) is 41.3 Å². The summed E-state index contributed by atoms with van der Waals surface area (Å²) in [5, 5.41) is 0.539. The Hall–Kier alpha value is -2.05. The molecule has 0 saturated carbocycles. The number of rotatable bonds is 3. The van der Waals surface area contributed by atoms with Crippen molar-refractivity contribution in [3.05, 3.63) is 52.5 Å². The maximum absolute atomic E-state index is 12.8. The lowest BCUT2D eigenvalue weighted by molar-refractivity contribution is -0.119. The monoisotopic (exact) mass is 376 g/mol. The molecule has 25 heavy (non-hydrogen) atoms. The Kier molecular flexibility index (Phi) is 3.77. The number of hydrogen-bond donors (Lipinski definition) is 1. The molecule has 1 atom stereocenters. The Labute approximate surface area is 151 Å². The van der Waals surface area contributed by atoms with Gasteiger partial charge in [-0.2, -0.15) is 0 Å². The van der Waals surface area contributed by atoms with Crippen LogP contribution in [0.1, 0.15) is 30.4 Å². The number of carbonyl (C=O) groups is 1. The highest BCUT2D eigenvalue weighted by Crippen LogP contribution is 2.44. The highest BCUT2D eigenvalue weighted by molar-refractivity contribution is 7.92. The van der Waals surface area contributed by atoms with Gasteiger partial charge in [-0.1, -0.05) is 11.6 Å². The zero-order chi connectivity index (χ0) is 17.8. The standard InChI is InChI=1S/C18H17ClN2O3S/c1-11-16-10-15(9-12-3-2-8-21(17(12)16)18(11)22)25(23,24)20-14-6-4-13(19)5-7-14/h4-7,9-11,20H,2-3,8H2,1H3. The molecule has 1 amide bonds. The van der Waals surface area contributed by atoms with E-state index in [9.17, 15) is 13.2 Å². The predicted molar refractivity (Wildman–Crippen MR) is 97.8 cm³/mol. The second-order valence-corrected chi connectivity index (χ2v) is 8.57. The molecule has 0 bridgehead atoms. The third kappa shape index (κ3) is 2.69. The normalized spacial score (nSPS) is 19.0. The maximum Gasteiger partial charge on any atom is 0.261 e. The van der Waals surface area contributed by atoms with Crippen LogP contribution < -0.4 is 9.62 Å². The number of aryl methyl sites for hydroxylation is 1. The van der Waals surface area contributed by atoms with E-state index in [1.54, 1.807) is 41.3 Å². The van der Waals surface area contributed by atoms with E-state index >= 15 is 0 Å². The number of nitrogens with zero attached hydrogens (tertiary/aromatic N) is 1. The lowest BCUT2D eigenvalue weighted by Crippen LogP contribution is -2.32. The molecule has 7 heteroatoms. The van der Waals surface area contributed by atoms with Crippen LogP contribution in [0.5, 0.6) is 0 Å². The summed E-state index contributed by atoms with van der Waals surface area (Å²) in [6, 6.07) is 9.81. The third-order valence-corrected chi connectivity index (χ3v) is 6.41. The Morgan fingerprint density at radius 3 is 2.64 bits per heavy atom. The van der Waals surface area contributed by atoms with Gasteiger partial charge in [0.05, 0.1) is 16.5 Å². The first-order chi connectivity index (χ1) is 11.9. The minimum absolute atomic E-state index is 0.0520. The van der Waals surface area contributed by atoms with Crippen LogP contribution in [-0.4, -0.2) is 20.9 Å². The molecule has 2 heterocycles. The molecule has 0 radical (unpaired) electrons. The van der Waals surface area contributed by atoms with Gasteiger partial charge in [-0.25, -0.2) is 8.42 Å². The number of nitrogens with one attached hydrogen (secondary N) is 1. The molecule has 5 nitrogen and oxygen atoms in total. The van der Waals surface area contributed by atoms with Crippen molar-refractivity contribution in [1.82, 2.24) is 0 Å². The fourth-order valence-corrected chi connectivity index (χ4v) is 4.82. The van der Waals surface area contributed by atoms with Gasteiger partial charge in [0.2, 0.25) is 5.91 Å². The van der Waals surface area contributed by atoms with Crippen LogP contribution in [0.2, 0.25) is 5.02 Å². The van der Waals surface area contributed by atoms with Crippen LogP contribution in [0, 0.1) is 0 Å². The van der Waals surface area contributed by atoms with Crippen LogP contribution in [0.4, 0.5) is 11.4 Å². The van der Waals surface area contributed by atoms with Gasteiger partial charge < -0.3 is 4.90 Å². The molecule has 0 aliphatic carbocycles. The molecular weight excluding hydrogens is 360 g/mol. The molecule has 130 valence electrons. The van der Waals surface area contributed by atoms with E-state index in [4.69, 9.17) is 11.6 Å². The van der Waals surface area contributed by atoms with Crippen LogP contribution in [0.25, 0.3) is 0 Å². The Morgan fingerprint density at radius 1 is 1.20 bits per heavy atom. The molecule has 0 fully saturated rings. The average molecular weight is 377 g/mol. The fraction of sp³-hybridized carbons (Fsp3) is 0.278. The largest absolute Gasteiger partial charge is 0.311 e. The number of carbonyl (C=O) groups excluding carboxylic acids is 1. The van der Waals surface area contributed by atoms with E-state index in [2.05, 4.69) is 4.72 Å². The number of amides is 1. The predicted octanol–water partition coefficient (Wildman–Crippen LogP) is 3.54. The van der Waals surface area contributed by atoms with Crippen LogP contribution in [-0.2, 0) is 21.2 Å². The lowest BCUT2D eigenvalue weighted by Gasteiger charge is -2.26. The van der Waals surface area contributed by atoms with Crippen molar-refractivity contribution in [3.63, 3.8) is 0 Å². The highest BCUT2D eigenvalue weighted by Gasteiger charge is 2.38. The Morgan fingerprint density at radius 2 is 1.92 bits per heavy atom. The van der Waals surface area contributed by atoms with Gasteiger partial charge in [-0.15, -0.1) is 0 Å². The summed E-state index contributed by atoms with van der Waals surface area (Å²) in [4.78, 5) is 14.4. The molecule has 2 aliphatic heterocycles. The van der Waals surface area contributed by atoms with E-state index < -0.39 is 10.0 Å². The van der Waals surface area contributed by atoms with Crippen LogP contribution in [0.3, 0.4) is 0 Å². The van der Waals surface area contributed by atoms with Gasteiger partial charge in [0.25, 0.3) is 10.0 Å². The van der Waals surface area contributed by atoms with Crippen LogP contribution >= 0.6 is 11.6 Å². The molecule has 2 aromatic rings.